The van der Waals surface area contributed by atoms with E-state index in [2.05, 4.69) is 11.4 Å². The van der Waals surface area contributed by atoms with Crippen molar-refractivity contribution in [3.63, 3.8) is 0 Å². The summed E-state index contributed by atoms with van der Waals surface area (Å²) in [6, 6.07) is 3.01. The van der Waals surface area contributed by atoms with E-state index < -0.39 is 0 Å². The molecule has 9 heavy (non-hydrogen) atoms. The lowest BCUT2D eigenvalue weighted by Gasteiger charge is -2.08. The molecule has 0 saturated heterocycles. The fraction of sp³-hybridized carbons (Fsp3) is 0.143. The molecular formula is C7H7N2. The maximum atomic E-state index is 8.25. The van der Waals surface area contributed by atoms with Crippen LogP contribution in [0.3, 0.4) is 0 Å². The van der Waals surface area contributed by atoms with Crippen LogP contribution < -0.4 is 5.32 Å². The molecule has 0 aromatic heterocycles. The third-order valence-electron chi connectivity index (χ3n) is 1.04. The number of dihydropyridines is 1. The number of hydrogen-bond acceptors (Lipinski definition) is 2. The first-order chi connectivity index (χ1) is 4.43. The van der Waals surface area contributed by atoms with E-state index in [1.165, 1.54) is 0 Å². The van der Waals surface area contributed by atoms with Crippen molar-refractivity contribution in [1.29, 1.82) is 5.26 Å². The molecule has 1 aliphatic rings. The summed E-state index contributed by atoms with van der Waals surface area (Å²) >= 11 is 0. The van der Waals surface area contributed by atoms with Gasteiger partial charge in [-0.1, -0.05) is 12.2 Å². The van der Waals surface area contributed by atoms with E-state index in [0.29, 0.717) is 6.42 Å². The van der Waals surface area contributed by atoms with Crippen LogP contribution in [0.5, 0.6) is 0 Å². The Morgan fingerprint density at radius 2 is 2.44 bits per heavy atom. The number of rotatable bonds is 1. The Balaban J connectivity index is 2.39. The van der Waals surface area contributed by atoms with Crippen LogP contribution in [0, 0.1) is 17.4 Å². The number of nitriles is 1. The van der Waals surface area contributed by atoms with E-state index >= 15 is 0 Å². The fourth-order valence-electron chi connectivity index (χ4n) is 0.626. The van der Waals surface area contributed by atoms with Crippen LogP contribution in [-0.4, -0.2) is 0 Å². The van der Waals surface area contributed by atoms with Gasteiger partial charge in [-0.15, -0.1) is 0 Å². The Bertz CT molecular complexity index is 174. The molecule has 0 aromatic rings. The molecule has 1 aliphatic heterocycles. The molecule has 1 rings (SSSR count). The van der Waals surface area contributed by atoms with Gasteiger partial charge in [0.1, 0.15) is 0 Å². The quantitative estimate of drug-likeness (QED) is 0.561. The third-order valence-corrected chi connectivity index (χ3v) is 1.04. The first-order valence-electron chi connectivity index (χ1n) is 2.76. The molecule has 1 radical (unpaired) electrons. The molecule has 0 saturated carbocycles. The molecule has 0 spiro atoms. The zero-order chi connectivity index (χ0) is 6.53. The van der Waals surface area contributed by atoms with Crippen LogP contribution in [0.4, 0.5) is 0 Å². The van der Waals surface area contributed by atoms with E-state index in [1.54, 1.807) is 0 Å². The summed E-state index contributed by atoms with van der Waals surface area (Å²) in [6.07, 6.45) is 7.96. The number of nitrogens with one attached hydrogen (secondary N) is 1. The lowest BCUT2D eigenvalue weighted by Crippen LogP contribution is -2.13. The van der Waals surface area contributed by atoms with E-state index in [0.717, 1.165) is 6.04 Å². The predicted molar refractivity (Wildman–Crippen MR) is 34.9 cm³/mol. The Labute approximate surface area is 54.5 Å². The second-order valence-electron chi connectivity index (χ2n) is 1.72. The Kier molecular flexibility index (Phi) is 1.92. The highest BCUT2D eigenvalue weighted by molar-refractivity contribution is 5.22. The van der Waals surface area contributed by atoms with Gasteiger partial charge in [0.2, 0.25) is 0 Å². The zero-order valence-corrected chi connectivity index (χ0v) is 4.96. The molecule has 45 valence electrons. The molecule has 1 N–H and O–H groups in total. The van der Waals surface area contributed by atoms with Gasteiger partial charge in [0.05, 0.1) is 18.5 Å². The molecule has 0 amide bonds. The second-order valence-corrected chi connectivity index (χ2v) is 1.72. The number of nitrogens with zero attached hydrogens (tertiary/aromatic N) is 1. The van der Waals surface area contributed by atoms with Crippen LogP contribution >= 0.6 is 0 Å². The number of allylic oxidation sites excluding steroid dienone is 2. The Hall–Kier alpha value is -1.23. The van der Waals surface area contributed by atoms with Crippen LogP contribution in [-0.2, 0) is 0 Å². The van der Waals surface area contributed by atoms with E-state index in [1.807, 2.05) is 24.4 Å². The molecular weight excluding hydrogens is 112 g/mol. The lowest BCUT2D eigenvalue weighted by atomic mass is 10.2. The van der Waals surface area contributed by atoms with Gasteiger partial charge in [-0.25, -0.2) is 0 Å². The number of hydrogen-bond donors (Lipinski definition) is 1. The highest BCUT2D eigenvalue weighted by Gasteiger charge is 2.01. The van der Waals surface area contributed by atoms with Crippen LogP contribution in [0.2, 0.25) is 0 Å². The lowest BCUT2D eigenvalue weighted by molar-refractivity contribution is 0.872. The summed E-state index contributed by atoms with van der Waals surface area (Å²) in [7, 11) is 0. The smallest absolute Gasteiger partial charge is 0.0962 e. The molecule has 2 nitrogen and oxygen atoms in total. The van der Waals surface area contributed by atoms with Crippen molar-refractivity contribution < 1.29 is 0 Å². The minimum Gasteiger partial charge on any atom is -0.379 e. The Morgan fingerprint density at radius 3 is 3.00 bits per heavy atom. The molecule has 2 heteroatoms. The molecule has 0 aromatic carbocycles. The zero-order valence-electron chi connectivity index (χ0n) is 4.96. The van der Waals surface area contributed by atoms with Gasteiger partial charge in [0.15, 0.2) is 0 Å². The van der Waals surface area contributed by atoms with E-state index in [-0.39, 0.29) is 0 Å². The first kappa shape index (κ1) is 5.90. The highest BCUT2D eigenvalue weighted by atomic mass is 14.9. The molecule has 0 fully saturated rings. The van der Waals surface area contributed by atoms with Crippen molar-refractivity contribution >= 4 is 0 Å². The summed E-state index contributed by atoms with van der Waals surface area (Å²) in [5.74, 6) is 0. The van der Waals surface area contributed by atoms with E-state index in [9.17, 15) is 0 Å². The monoisotopic (exact) mass is 119 g/mol. The summed E-state index contributed by atoms with van der Waals surface area (Å²) in [5.41, 5.74) is 0. The normalized spacial score (nSPS) is 16.8. The third kappa shape index (κ3) is 1.61. The molecule has 0 bridgehead atoms. The minimum atomic E-state index is 0.459. The molecule has 0 unspecified atom stereocenters. The standard InChI is InChI=1S/C7H7N2/c8-5-4-7-3-1-2-6-9-7/h1-3,6,9H,4H2. The SMILES string of the molecule is N#CC[C]1C=CC=CN1. The van der Waals surface area contributed by atoms with Gasteiger partial charge in [-0.05, 0) is 12.3 Å². The fourth-order valence-corrected chi connectivity index (χ4v) is 0.626. The molecule has 1 heterocycles. The van der Waals surface area contributed by atoms with Crippen molar-refractivity contribution in [3.05, 3.63) is 30.5 Å². The van der Waals surface area contributed by atoms with Gasteiger partial charge in [-0.2, -0.15) is 5.26 Å². The average molecular weight is 119 g/mol. The molecule has 0 aliphatic carbocycles. The van der Waals surface area contributed by atoms with Crippen molar-refractivity contribution in [2.75, 3.05) is 0 Å². The van der Waals surface area contributed by atoms with Gasteiger partial charge >= 0.3 is 0 Å². The largest absolute Gasteiger partial charge is 0.379 e. The highest BCUT2D eigenvalue weighted by Crippen LogP contribution is 2.05. The minimum absolute atomic E-state index is 0.459. The van der Waals surface area contributed by atoms with Crippen molar-refractivity contribution in [1.82, 2.24) is 5.32 Å². The second kappa shape index (κ2) is 2.93. The molecule has 0 atom stereocenters. The summed E-state index contributed by atoms with van der Waals surface area (Å²) < 4.78 is 0. The van der Waals surface area contributed by atoms with Gasteiger partial charge in [0, 0.05) is 0 Å². The Morgan fingerprint density at radius 1 is 1.56 bits per heavy atom. The first-order valence-corrected chi connectivity index (χ1v) is 2.76. The predicted octanol–water partition coefficient (Wildman–Crippen LogP) is 1.11. The summed E-state index contributed by atoms with van der Waals surface area (Å²) in [6.45, 7) is 0. The maximum absolute atomic E-state index is 8.25. The maximum Gasteiger partial charge on any atom is 0.0962 e. The van der Waals surface area contributed by atoms with Crippen LogP contribution in [0.25, 0.3) is 0 Å². The van der Waals surface area contributed by atoms with Crippen LogP contribution in [0.15, 0.2) is 24.4 Å². The van der Waals surface area contributed by atoms with Crippen molar-refractivity contribution in [2.45, 2.75) is 6.42 Å². The van der Waals surface area contributed by atoms with Gasteiger partial charge in [-0.3, -0.25) is 0 Å². The summed E-state index contributed by atoms with van der Waals surface area (Å²) in [5, 5.41) is 11.2. The van der Waals surface area contributed by atoms with Crippen LogP contribution in [0.1, 0.15) is 6.42 Å². The average Bonchev–Trinajstić information content (AvgIpc) is 1.91. The van der Waals surface area contributed by atoms with Gasteiger partial charge < -0.3 is 5.32 Å². The topological polar surface area (TPSA) is 35.8 Å². The van der Waals surface area contributed by atoms with Crippen molar-refractivity contribution in [2.24, 2.45) is 0 Å². The van der Waals surface area contributed by atoms with Gasteiger partial charge in [0.25, 0.3) is 0 Å². The van der Waals surface area contributed by atoms with Crippen molar-refractivity contribution in [3.8, 4) is 6.07 Å². The van der Waals surface area contributed by atoms with E-state index in [4.69, 9.17) is 5.26 Å². The summed E-state index contributed by atoms with van der Waals surface area (Å²) in [4.78, 5) is 0.